The summed E-state index contributed by atoms with van der Waals surface area (Å²) in [7, 11) is 1.99. The molecule has 1 aromatic rings. The molecule has 1 aliphatic rings. The first-order valence-electron chi connectivity index (χ1n) is 7.44. The van der Waals surface area contributed by atoms with Crippen LogP contribution in [0.5, 0.6) is 0 Å². The molecule has 1 aliphatic carbocycles. The van der Waals surface area contributed by atoms with Crippen molar-refractivity contribution in [2.24, 2.45) is 18.9 Å². The highest BCUT2D eigenvalue weighted by atomic mass is 16.3. The van der Waals surface area contributed by atoms with E-state index in [0.29, 0.717) is 18.4 Å². The number of nitrogens with zero attached hydrogens (tertiary/aromatic N) is 2. The zero-order valence-electron chi connectivity index (χ0n) is 12.4. The summed E-state index contributed by atoms with van der Waals surface area (Å²) in [5, 5.41) is 17.4. The summed E-state index contributed by atoms with van der Waals surface area (Å²) in [5.41, 5.74) is 3.68. The third kappa shape index (κ3) is 3.37. The van der Waals surface area contributed by atoms with Crippen LogP contribution in [0.2, 0.25) is 0 Å². The Balaban J connectivity index is 1.85. The Hall–Kier alpha value is -0.870. The fraction of sp³-hybridized carbons (Fsp3) is 0.800. The van der Waals surface area contributed by atoms with Gasteiger partial charge < -0.3 is 10.4 Å². The molecule has 19 heavy (non-hydrogen) atoms. The van der Waals surface area contributed by atoms with Gasteiger partial charge >= 0.3 is 0 Å². The average molecular weight is 265 g/mol. The van der Waals surface area contributed by atoms with E-state index in [1.54, 1.807) is 0 Å². The van der Waals surface area contributed by atoms with Gasteiger partial charge in [-0.15, -0.1) is 0 Å². The quantitative estimate of drug-likeness (QED) is 0.855. The minimum absolute atomic E-state index is 0.345. The number of hydrogen-bond acceptors (Lipinski definition) is 3. The second kappa shape index (κ2) is 6.53. The average Bonchev–Trinajstić information content (AvgIpc) is 2.65. The maximum absolute atomic E-state index is 9.43. The lowest BCUT2D eigenvalue weighted by Gasteiger charge is -2.30. The van der Waals surface area contributed by atoms with E-state index < -0.39 is 0 Å². The molecule has 0 aliphatic heterocycles. The SMILES string of the molecule is Cc1nn(C)c(C)c1CNCC1CCCCC1CO. The lowest BCUT2D eigenvalue weighted by Crippen LogP contribution is -2.32. The highest BCUT2D eigenvalue weighted by Gasteiger charge is 2.24. The molecule has 2 atom stereocenters. The monoisotopic (exact) mass is 265 g/mol. The summed E-state index contributed by atoms with van der Waals surface area (Å²) in [6, 6.07) is 0. The molecule has 0 bridgehead atoms. The number of rotatable bonds is 5. The largest absolute Gasteiger partial charge is 0.396 e. The van der Waals surface area contributed by atoms with Crippen molar-refractivity contribution in [1.82, 2.24) is 15.1 Å². The van der Waals surface area contributed by atoms with Crippen LogP contribution in [0.1, 0.15) is 42.6 Å². The molecule has 1 aromatic heterocycles. The molecule has 1 fully saturated rings. The molecule has 0 spiro atoms. The van der Waals surface area contributed by atoms with Gasteiger partial charge in [0.25, 0.3) is 0 Å². The standard InChI is InChI=1S/C15H27N3O/c1-11-15(12(2)18(3)17-11)9-16-8-13-6-4-5-7-14(13)10-19/h13-14,16,19H,4-10H2,1-3H3. The molecular formula is C15H27N3O. The summed E-state index contributed by atoms with van der Waals surface area (Å²) in [6.07, 6.45) is 5.04. The van der Waals surface area contributed by atoms with Gasteiger partial charge in [-0.3, -0.25) is 4.68 Å². The Kier molecular flexibility index (Phi) is 4.99. The lowest BCUT2D eigenvalue weighted by atomic mass is 9.79. The van der Waals surface area contributed by atoms with Crippen molar-refractivity contribution < 1.29 is 5.11 Å². The summed E-state index contributed by atoms with van der Waals surface area (Å²) in [4.78, 5) is 0. The second-order valence-corrected chi connectivity index (χ2v) is 5.89. The van der Waals surface area contributed by atoms with Gasteiger partial charge in [-0.2, -0.15) is 5.10 Å². The van der Waals surface area contributed by atoms with Gasteiger partial charge in [-0.1, -0.05) is 12.8 Å². The fourth-order valence-electron chi connectivity index (χ4n) is 3.25. The van der Waals surface area contributed by atoms with Crippen molar-refractivity contribution in [1.29, 1.82) is 0 Å². The third-order valence-electron chi connectivity index (χ3n) is 4.67. The van der Waals surface area contributed by atoms with Crippen LogP contribution in [0, 0.1) is 25.7 Å². The Bertz CT molecular complexity index is 414. The number of aliphatic hydroxyl groups excluding tert-OH is 1. The first kappa shape index (κ1) is 14.5. The zero-order chi connectivity index (χ0) is 13.8. The first-order valence-corrected chi connectivity index (χ1v) is 7.44. The molecule has 0 aromatic carbocycles. The van der Waals surface area contributed by atoms with E-state index in [0.717, 1.165) is 18.8 Å². The van der Waals surface area contributed by atoms with Gasteiger partial charge in [0.05, 0.1) is 5.69 Å². The van der Waals surface area contributed by atoms with E-state index in [1.165, 1.54) is 36.9 Å². The highest BCUT2D eigenvalue weighted by Crippen LogP contribution is 2.29. The predicted molar refractivity (Wildman–Crippen MR) is 76.9 cm³/mol. The number of aromatic nitrogens is 2. The zero-order valence-corrected chi connectivity index (χ0v) is 12.4. The number of aryl methyl sites for hydroxylation is 2. The van der Waals surface area contributed by atoms with E-state index in [4.69, 9.17) is 0 Å². The summed E-state index contributed by atoms with van der Waals surface area (Å²) >= 11 is 0. The normalized spacial score (nSPS) is 23.8. The van der Waals surface area contributed by atoms with Crippen LogP contribution in [0.15, 0.2) is 0 Å². The van der Waals surface area contributed by atoms with Crippen LogP contribution in [0.4, 0.5) is 0 Å². The van der Waals surface area contributed by atoms with Crippen LogP contribution in [-0.4, -0.2) is 28.0 Å². The summed E-state index contributed by atoms with van der Waals surface area (Å²) < 4.78 is 1.95. The van der Waals surface area contributed by atoms with Gasteiger partial charge in [0, 0.05) is 31.5 Å². The van der Waals surface area contributed by atoms with Crippen LogP contribution >= 0.6 is 0 Å². The van der Waals surface area contributed by atoms with Crippen LogP contribution in [0.25, 0.3) is 0 Å². The Morgan fingerprint density at radius 1 is 1.26 bits per heavy atom. The molecule has 0 amide bonds. The maximum Gasteiger partial charge on any atom is 0.0641 e. The van der Waals surface area contributed by atoms with Crippen molar-refractivity contribution in [3.8, 4) is 0 Å². The number of aliphatic hydroxyl groups is 1. The summed E-state index contributed by atoms with van der Waals surface area (Å²) in [6.45, 7) is 6.44. The Morgan fingerprint density at radius 3 is 2.53 bits per heavy atom. The van der Waals surface area contributed by atoms with E-state index in [-0.39, 0.29) is 0 Å². The molecule has 108 valence electrons. The molecule has 1 saturated carbocycles. The van der Waals surface area contributed by atoms with E-state index in [9.17, 15) is 5.11 Å². The molecule has 0 saturated heterocycles. The van der Waals surface area contributed by atoms with Crippen LogP contribution < -0.4 is 5.32 Å². The number of nitrogens with one attached hydrogen (secondary N) is 1. The van der Waals surface area contributed by atoms with Crippen molar-refractivity contribution in [3.63, 3.8) is 0 Å². The van der Waals surface area contributed by atoms with Gasteiger partial charge in [0.2, 0.25) is 0 Å². The van der Waals surface area contributed by atoms with Crippen molar-refractivity contribution in [2.75, 3.05) is 13.2 Å². The van der Waals surface area contributed by atoms with E-state index in [1.807, 2.05) is 11.7 Å². The predicted octanol–water partition coefficient (Wildman–Crippen LogP) is 1.93. The van der Waals surface area contributed by atoms with Crippen molar-refractivity contribution in [3.05, 3.63) is 17.0 Å². The van der Waals surface area contributed by atoms with Crippen LogP contribution in [0.3, 0.4) is 0 Å². The van der Waals surface area contributed by atoms with E-state index in [2.05, 4.69) is 24.3 Å². The molecule has 1 heterocycles. The topological polar surface area (TPSA) is 50.1 Å². The smallest absolute Gasteiger partial charge is 0.0641 e. The molecule has 2 unspecified atom stereocenters. The fourth-order valence-corrected chi connectivity index (χ4v) is 3.25. The Morgan fingerprint density at radius 2 is 1.95 bits per heavy atom. The highest BCUT2D eigenvalue weighted by molar-refractivity contribution is 5.23. The molecule has 2 N–H and O–H groups in total. The van der Waals surface area contributed by atoms with Crippen LogP contribution in [-0.2, 0) is 13.6 Å². The Labute approximate surface area is 116 Å². The molecule has 2 rings (SSSR count). The number of hydrogen-bond donors (Lipinski definition) is 2. The second-order valence-electron chi connectivity index (χ2n) is 5.89. The van der Waals surface area contributed by atoms with Gasteiger partial charge in [-0.25, -0.2) is 0 Å². The summed E-state index contributed by atoms with van der Waals surface area (Å²) in [5.74, 6) is 1.13. The first-order chi connectivity index (χ1) is 9.13. The van der Waals surface area contributed by atoms with Gasteiger partial charge in [0.1, 0.15) is 0 Å². The molecule has 4 heteroatoms. The lowest BCUT2D eigenvalue weighted by molar-refractivity contribution is 0.133. The van der Waals surface area contributed by atoms with Crippen molar-refractivity contribution >= 4 is 0 Å². The minimum atomic E-state index is 0.345. The van der Waals surface area contributed by atoms with Gasteiger partial charge in [-0.05, 0) is 45.1 Å². The molecule has 4 nitrogen and oxygen atoms in total. The molecular weight excluding hydrogens is 238 g/mol. The molecule has 0 radical (unpaired) electrons. The van der Waals surface area contributed by atoms with E-state index >= 15 is 0 Å². The minimum Gasteiger partial charge on any atom is -0.396 e. The van der Waals surface area contributed by atoms with Gasteiger partial charge in [0.15, 0.2) is 0 Å². The maximum atomic E-state index is 9.43. The van der Waals surface area contributed by atoms with Crippen molar-refractivity contribution in [2.45, 2.75) is 46.1 Å². The third-order valence-corrected chi connectivity index (χ3v) is 4.67.